The van der Waals surface area contributed by atoms with Crippen molar-refractivity contribution in [1.29, 1.82) is 0 Å². The molecular weight excluding hydrogens is 526 g/mol. The summed E-state index contributed by atoms with van der Waals surface area (Å²) in [5, 5.41) is 3.28. The number of nitrogens with one attached hydrogen (secondary N) is 1. The van der Waals surface area contributed by atoms with Gasteiger partial charge in [0.15, 0.2) is 6.61 Å². The third-order valence-electron chi connectivity index (χ3n) is 5.56. The minimum Gasteiger partial charge on any atom is -0.481 e. The number of esters is 1. The molecule has 1 unspecified atom stereocenters. The van der Waals surface area contributed by atoms with E-state index in [9.17, 15) is 14.4 Å². The van der Waals surface area contributed by atoms with Crippen molar-refractivity contribution >= 4 is 38.8 Å². The topological polar surface area (TPSA) is 94.8 Å². The molecule has 1 aromatic heterocycles. The second-order valence-electron chi connectivity index (χ2n) is 8.20. The van der Waals surface area contributed by atoms with Crippen LogP contribution in [0.2, 0.25) is 0 Å². The van der Waals surface area contributed by atoms with Gasteiger partial charge in [0.2, 0.25) is 0 Å². The predicted molar refractivity (Wildman–Crippen MR) is 140 cm³/mol. The Morgan fingerprint density at radius 1 is 1.00 bits per heavy atom. The van der Waals surface area contributed by atoms with Gasteiger partial charge >= 0.3 is 11.6 Å². The number of amides is 1. The van der Waals surface area contributed by atoms with Crippen LogP contribution >= 0.6 is 15.9 Å². The van der Waals surface area contributed by atoms with Crippen LogP contribution in [-0.4, -0.2) is 24.5 Å². The van der Waals surface area contributed by atoms with E-state index >= 15 is 0 Å². The molecule has 1 N–H and O–H groups in total. The van der Waals surface area contributed by atoms with Crippen molar-refractivity contribution in [2.24, 2.45) is 0 Å². The first kappa shape index (κ1) is 25.2. The lowest BCUT2D eigenvalue weighted by Gasteiger charge is -2.11. The molecule has 0 aliphatic rings. The minimum absolute atomic E-state index is 0.0703. The lowest BCUT2D eigenvalue weighted by atomic mass is 10.1. The smallest absolute Gasteiger partial charge is 0.349 e. The highest BCUT2D eigenvalue weighted by Gasteiger charge is 2.16. The number of benzene rings is 3. The van der Waals surface area contributed by atoms with Crippen LogP contribution in [0.5, 0.6) is 11.5 Å². The molecule has 36 heavy (non-hydrogen) atoms. The highest BCUT2D eigenvalue weighted by Crippen LogP contribution is 2.31. The maximum Gasteiger partial charge on any atom is 0.349 e. The summed E-state index contributed by atoms with van der Waals surface area (Å²) in [7, 11) is 0. The average Bonchev–Trinajstić information content (AvgIpc) is 2.87. The molecule has 0 saturated carbocycles. The Kier molecular flexibility index (Phi) is 7.85. The molecule has 0 aliphatic carbocycles. The largest absolute Gasteiger partial charge is 0.481 e. The number of rotatable bonds is 8. The van der Waals surface area contributed by atoms with Gasteiger partial charge in [0.1, 0.15) is 22.6 Å². The number of hydrogen-bond acceptors (Lipinski definition) is 6. The van der Waals surface area contributed by atoms with E-state index < -0.39 is 17.5 Å². The van der Waals surface area contributed by atoms with E-state index in [1.54, 1.807) is 18.2 Å². The quantitative estimate of drug-likeness (QED) is 0.171. The predicted octanol–water partition coefficient (Wildman–Crippen LogP) is 5.74. The van der Waals surface area contributed by atoms with Crippen molar-refractivity contribution in [3.63, 3.8) is 0 Å². The Balaban J connectivity index is 1.41. The Bertz CT molecular complexity index is 1460. The Morgan fingerprint density at radius 2 is 1.78 bits per heavy atom. The van der Waals surface area contributed by atoms with E-state index in [2.05, 4.69) is 21.2 Å². The summed E-state index contributed by atoms with van der Waals surface area (Å²) in [5.74, 6) is -0.426. The second kappa shape index (κ2) is 11.2. The Labute approximate surface area is 216 Å². The van der Waals surface area contributed by atoms with E-state index in [0.717, 1.165) is 17.5 Å². The molecule has 0 saturated heterocycles. The van der Waals surface area contributed by atoms with Crippen molar-refractivity contribution < 1.29 is 23.5 Å². The molecule has 4 aromatic rings. The van der Waals surface area contributed by atoms with Gasteiger partial charge in [0, 0.05) is 17.5 Å². The maximum absolute atomic E-state index is 12.4. The van der Waals surface area contributed by atoms with Gasteiger partial charge < -0.3 is 19.2 Å². The van der Waals surface area contributed by atoms with E-state index in [1.807, 2.05) is 56.3 Å². The molecule has 1 heterocycles. The van der Waals surface area contributed by atoms with Crippen molar-refractivity contribution in [1.82, 2.24) is 5.32 Å². The molecule has 0 aliphatic heterocycles. The fraction of sp³-hybridized carbons (Fsp3) is 0.179. The summed E-state index contributed by atoms with van der Waals surface area (Å²) in [6.07, 6.45) is 0.735. The van der Waals surface area contributed by atoms with E-state index in [1.165, 1.54) is 12.1 Å². The monoisotopic (exact) mass is 549 g/mol. The minimum atomic E-state index is -0.765. The molecule has 0 fully saturated rings. The first-order valence-electron chi connectivity index (χ1n) is 11.4. The van der Waals surface area contributed by atoms with Crippen molar-refractivity contribution in [2.75, 3.05) is 6.61 Å². The van der Waals surface area contributed by atoms with Crippen LogP contribution in [-0.2, 0) is 4.79 Å². The molecule has 1 amide bonds. The summed E-state index contributed by atoms with van der Waals surface area (Å²) in [5.41, 5.74) is 1.43. The van der Waals surface area contributed by atoms with Crippen LogP contribution in [0.4, 0.5) is 0 Å². The normalized spacial score (nSPS) is 11.6. The highest BCUT2D eigenvalue weighted by atomic mass is 79.9. The number of ether oxygens (including phenoxy) is 2. The Hall–Kier alpha value is -3.91. The third kappa shape index (κ3) is 6.01. The molecule has 4 rings (SSSR count). The average molecular weight is 550 g/mol. The number of halogens is 1. The summed E-state index contributed by atoms with van der Waals surface area (Å²) < 4.78 is 17.0. The molecule has 184 valence electrons. The second-order valence-corrected chi connectivity index (χ2v) is 9.06. The van der Waals surface area contributed by atoms with Crippen LogP contribution in [0.15, 0.2) is 86.5 Å². The van der Waals surface area contributed by atoms with Gasteiger partial charge in [0.05, 0.1) is 4.47 Å². The zero-order chi connectivity index (χ0) is 25.7. The fourth-order valence-corrected chi connectivity index (χ4v) is 3.94. The van der Waals surface area contributed by atoms with Gasteiger partial charge in [0.25, 0.3) is 5.91 Å². The van der Waals surface area contributed by atoms with E-state index in [0.29, 0.717) is 15.6 Å². The SMILES string of the molecule is CCC(C)NC(=O)c1cc2ccc(OC(=O)COc3ccc(-c4ccccc4)cc3Br)cc2oc1=O. The molecule has 8 heteroatoms. The molecule has 0 bridgehead atoms. The van der Waals surface area contributed by atoms with Gasteiger partial charge in [-0.1, -0.05) is 43.3 Å². The summed E-state index contributed by atoms with van der Waals surface area (Å²) in [6, 6.07) is 21.5. The van der Waals surface area contributed by atoms with Gasteiger partial charge in [-0.15, -0.1) is 0 Å². The Morgan fingerprint density at radius 3 is 2.50 bits per heavy atom. The summed E-state index contributed by atoms with van der Waals surface area (Å²) in [6.45, 7) is 3.46. The first-order valence-corrected chi connectivity index (χ1v) is 12.2. The van der Waals surface area contributed by atoms with Gasteiger partial charge in [-0.25, -0.2) is 9.59 Å². The van der Waals surface area contributed by atoms with Crippen molar-refractivity contribution in [3.8, 4) is 22.6 Å². The molecule has 0 radical (unpaired) electrons. The number of carbonyl (C=O) groups is 2. The standard InChI is InChI=1S/C28H24BrNO6/c1-3-17(2)30-27(32)22-13-20-9-11-21(15-25(20)36-28(22)33)35-26(31)16-34-24-12-10-19(14-23(24)29)18-7-5-4-6-8-18/h4-15,17H,3,16H2,1-2H3,(H,30,32). The van der Waals surface area contributed by atoms with Crippen LogP contribution in [0.1, 0.15) is 30.6 Å². The molecular formula is C28H24BrNO6. The van der Waals surface area contributed by atoms with Crippen LogP contribution in [0.25, 0.3) is 22.1 Å². The lowest BCUT2D eigenvalue weighted by Crippen LogP contribution is -2.34. The first-order chi connectivity index (χ1) is 17.3. The summed E-state index contributed by atoms with van der Waals surface area (Å²) >= 11 is 3.48. The van der Waals surface area contributed by atoms with E-state index in [-0.39, 0.29) is 29.5 Å². The fourth-order valence-electron chi connectivity index (χ4n) is 3.44. The maximum atomic E-state index is 12.4. The lowest BCUT2D eigenvalue weighted by molar-refractivity contribution is -0.136. The van der Waals surface area contributed by atoms with Crippen LogP contribution < -0.4 is 20.4 Å². The number of hydrogen-bond donors (Lipinski definition) is 1. The number of fused-ring (bicyclic) bond motifs is 1. The molecule has 7 nitrogen and oxygen atoms in total. The molecule has 0 spiro atoms. The van der Waals surface area contributed by atoms with E-state index in [4.69, 9.17) is 13.9 Å². The summed E-state index contributed by atoms with van der Waals surface area (Å²) in [4.78, 5) is 37.0. The van der Waals surface area contributed by atoms with Crippen LogP contribution in [0, 0.1) is 0 Å². The highest BCUT2D eigenvalue weighted by molar-refractivity contribution is 9.10. The van der Waals surface area contributed by atoms with Gasteiger partial charge in [-0.05, 0) is 70.7 Å². The number of carbonyl (C=O) groups excluding carboxylic acids is 2. The zero-order valence-electron chi connectivity index (χ0n) is 19.7. The molecule has 1 atom stereocenters. The van der Waals surface area contributed by atoms with Gasteiger partial charge in [-0.3, -0.25) is 4.79 Å². The van der Waals surface area contributed by atoms with Crippen molar-refractivity contribution in [3.05, 3.63) is 93.3 Å². The molecule has 3 aromatic carbocycles. The van der Waals surface area contributed by atoms with Crippen molar-refractivity contribution in [2.45, 2.75) is 26.3 Å². The van der Waals surface area contributed by atoms with Crippen LogP contribution in [0.3, 0.4) is 0 Å². The zero-order valence-corrected chi connectivity index (χ0v) is 21.3. The van der Waals surface area contributed by atoms with Gasteiger partial charge in [-0.2, -0.15) is 0 Å². The third-order valence-corrected chi connectivity index (χ3v) is 6.18.